The zero-order valence-corrected chi connectivity index (χ0v) is 15.8. The van der Waals surface area contributed by atoms with Crippen LogP contribution in [-0.4, -0.2) is 35.0 Å². The van der Waals surface area contributed by atoms with Gasteiger partial charge in [0, 0.05) is 11.8 Å². The minimum atomic E-state index is -0.376. The van der Waals surface area contributed by atoms with Gasteiger partial charge in [-0.25, -0.2) is 13.9 Å². The van der Waals surface area contributed by atoms with Crippen molar-refractivity contribution < 1.29 is 9.13 Å². The molecule has 142 valence electrons. The first-order valence-corrected chi connectivity index (χ1v) is 9.09. The Labute approximate surface area is 160 Å². The Balaban J connectivity index is 1.74. The van der Waals surface area contributed by atoms with Gasteiger partial charge in [0.05, 0.1) is 36.3 Å². The van der Waals surface area contributed by atoms with Gasteiger partial charge >= 0.3 is 0 Å². The largest absolute Gasteiger partial charge is 0.367 e. The Morgan fingerprint density at radius 2 is 2.04 bits per heavy atom. The number of hydrogen-bond acceptors (Lipinski definition) is 5. The molecule has 7 nitrogen and oxygen atoms in total. The molecule has 28 heavy (non-hydrogen) atoms. The zero-order chi connectivity index (χ0) is 19.5. The number of hydrogen-bond donors (Lipinski definition) is 0. The van der Waals surface area contributed by atoms with Crippen LogP contribution in [0, 0.1) is 12.7 Å². The smallest absolute Gasteiger partial charge is 0.156 e. The Kier molecular flexibility index (Phi) is 3.60. The summed E-state index contributed by atoms with van der Waals surface area (Å²) in [6.07, 6.45) is 3.09. The van der Waals surface area contributed by atoms with E-state index in [1.165, 1.54) is 12.3 Å². The van der Waals surface area contributed by atoms with Gasteiger partial charge in [-0.2, -0.15) is 10.2 Å². The molecule has 0 radical (unpaired) electrons. The lowest BCUT2D eigenvalue weighted by atomic mass is 10.0. The fourth-order valence-corrected chi connectivity index (χ4v) is 3.59. The average molecular weight is 378 g/mol. The molecule has 1 aliphatic heterocycles. The van der Waals surface area contributed by atoms with Crippen molar-refractivity contribution in [1.29, 1.82) is 0 Å². The SMILES string of the molecule is Cc1nc2cc(-c3c(-c4ccc(F)cn4)nn4c3COC(C)(C)C4)ccn2n1. The van der Waals surface area contributed by atoms with Gasteiger partial charge in [-0.1, -0.05) is 0 Å². The summed E-state index contributed by atoms with van der Waals surface area (Å²) in [5, 5.41) is 9.16. The lowest BCUT2D eigenvalue weighted by Crippen LogP contribution is -2.36. The number of nitrogens with zero attached hydrogens (tertiary/aromatic N) is 6. The third kappa shape index (κ3) is 2.77. The molecule has 0 N–H and O–H groups in total. The number of halogens is 1. The van der Waals surface area contributed by atoms with Gasteiger partial charge in [0.15, 0.2) is 5.65 Å². The van der Waals surface area contributed by atoms with Crippen molar-refractivity contribution in [2.45, 2.75) is 39.5 Å². The van der Waals surface area contributed by atoms with Crippen molar-refractivity contribution >= 4 is 5.65 Å². The summed E-state index contributed by atoms with van der Waals surface area (Å²) in [4.78, 5) is 8.72. The maximum absolute atomic E-state index is 13.4. The van der Waals surface area contributed by atoms with Crippen LogP contribution >= 0.6 is 0 Å². The van der Waals surface area contributed by atoms with E-state index in [2.05, 4.69) is 15.1 Å². The van der Waals surface area contributed by atoms with Crippen LogP contribution in [-0.2, 0) is 17.9 Å². The fourth-order valence-electron chi connectivity index (χ4n) is 3.59. The fraction of sp³-hybridized carbons (Fsp3) is 0.300. The molecule has 5 heterocycles. The van der Waals surface area contributed by atoms with Crippen molar-refractivity contribution in [1.82, 2.24) is 29.4 Å². The molecule has 0 aromatic carbocycles. The summed E-state index contributed by atoms with van der Waals surface area (Å²) in [5.41, 5.74) is 4.62. The van der Waals surface area contributed by atoms with Gasteiger partial charge < -0.3 is 4.74 Å². The maximum atomic E-state index is 13.4. The minimum Gasteiger partial charge on any atom is -0.367 e. The van der Waals surface area contributed by atoms with Crippen LogP contribution in [0.2, 0.25) is 0 Å². The molecule has 4 aromatic heterocycles. The Morgan fingerprint density at radius 3 is 2.82 bits per heavy atom. The van der Waals surface area contributed by atoms with Gasteiger partial charge in [0.1, 0.15) is 17.3 Å². The van der Waals surface area contributed by atoms with Crippen molar-refractivity contribution in [2.75, 3.05) is 0 Å². The molecule has 4 aromatic rings. The number of aryl methyl sites for hydroxylation is 1. The molecule has 0 saturated heterocycles. The van der Waals surface area contributed by atoms with E-state index in [1.807, 2.05) is 43.8 Å². The molecule has 5 rings (SSSR count). The van der Waals surface area contributed by atoms with Crippen LogP contribution in [0.15, 0.2) is 36.7 Å². The Morgan fingerprint density at radius 1 is 1.18 bits per heavy atom. The lowest BCUT2D eigenvalue weighted by molar-refractivity contribution is -0.0657. The molecule has 0 spiro atoms. The van der Waals surface area contributed by atoms with Crippen molar-refractivity contribution in [2.24, 2.45) is 0 Å². The van der Waals surface area contributed by atoms with Crippen LogP contribution < -0.4 is 0 Å². The maximum Gasteiger partial charge on any atom is 0.156 e. The molecule has 1 aliphatic rings. The quantitative estimate of drug-likeness (QED) is 0.535. The Bertz CT molecular complexity index is 1190. The normalized spacial score (nSPS) is 15.7. The molecule has 0 saturated carbocycles. The Hall–Kier alpha value is -3.13. The number of rotatable bonds is 2. The first kappa shape index (κ1) is 17.0. The standard InChI is InChI=1S/C20H19FN6O/c1-12-23-17-8-13(6-7-26(17)24-12)18-16-10-28-20(2,3)11-27(16)25-19(18)15-5-4-14(21)9-22-15/h4-9H,10-11H2,1-3H3. The lowest BCUT2D eigenvalue weighted by Gasteiger charge is -2.31. The monoisotopic (exact) mass is 378 g/mol. The van der Waals surface area contributed by atoms with Crippen molar-refractivity contribution in [3.05, 3.63) is 54.0 Å². The highest BCUT2D eigenvalue weighted by Gasteiger charge is 2.31. The second-order valence-electron chi connectivity index (χ2n) is 7.62. The summed E-state index contributed by atoms with van der Waals surface area (Å²) < 4.78 is 23.2. The topological polar surface area (TPSA) is 70.1 Å². The number of pyridine rings is 2. The summed E-state index contributed by atoms with van der Waals surface area (Å²) >= 11 is 0. The molecule has 0 atom stereocenters. The second kappa shape index (κ2) is 5.93. The highest BCUT2D eigenvalue weighted by molar-refractivity contribution is 5.82. The van der Waals surface area contributed by atoms with E-state index in [0.717, 1.165) is 22.5 Å². The van der Waals surface area contributed by atoms with E-state index in [9.17, 15) is 4.39 Å². The molecule has 0 unspecified atom stereocenters. The van der Waals surface area contributed by atoms with E-state index in [1.54, 1.807) is 10.6 Å². The van der Waals surface area contributed by atoms with Crippen LogP contribution in [0.25, 0.3) is 28.2 Å². The molecule has 0 aliphatic carbocycles. The predicted octanol–water partition coefficient (Wildman–Crippen LogP) is 3.41. The summed E-state index contributed by atoms with van der Waals surface area (Å²) in [6, 6.07) is 7.01. The molecule has 0 fully saturated rings. The summed E-state index contributed by atoms with van der Waals surface area (Å²) in [7, 11) is 0. The van der Waals surface area contributed by atoms with Crippen LogP contribution in [0.3, 0.4) is 0 Å². The third-order valence-corrected chi connectivity index (χ3v) is 4.89. The van der Waals surface area contributed by atoms with E-state index in [0.29, 0.717) is 30.4 Å². The highest BCUT2D eigenvalue weighted by Crippen LogP contribution is 2.37. The average Bonchev–Trinajstić information content (AvgIpc) is 3.19. The number of aromatic nitrogens is 6. The summed E-state index contributed by atoms with van der Waals surface area (Å²) in [5.74, 6) is 0.332. The second-order valence-corrected chi connectivity index (χ2v) is 7.62. The summed E-state index contributed by atoms with van der Waals surface area (Å²) in [6.45, 7) is 7.00. The van der Waals surface area contributed by atoms with Crippen molar-refractivity contribution in [3.8, 4) is 22.5 Å². The van der Waals surface area contributed by atoms with E-state index in [-0.39, 0.29) is 11.4 Å². The first-order chi connectivity index (χ1) is 13.4. The van der Waals surface area contributed by atoms with E-state index in [4.69, 9.17) is 9.84 Å². The van der Waals surface area contributed by atoms with Gasteiger partial charge in [-0.15, -0.1) is 0 Å². The molecule has 8 heteroatoms. The predicted molar refractivity (Wildman–Crippen MR) is 101 cm³/mol. The molecule has 0 bridgehead atoms. The van der Waals surface area contributed by atoms with Gasteiger partial charge in [-0.05, 0) is 50.6 Å². The highest BCUT2D eigenvalue weighted by atomic mass is 19.1. The van der Waals surface area contributed by atoms with Gasteiger partial charge in [0.25, 0.3) is 0 Å². The van der Waals surface area contributed by atoms with Gasteiger partial charge in [0.2, 0.25) is 0 Å². The first-order valence-electron chi connectivity index (χ1n) is 9.09. The third-order valence-electron chi connectivity index (χ3n) is 4.89. The molecular weight excluding hydrogens is 359 g/mol. The van der Waals surface area contributed by atoms with E-state index < -0.39 is 0 Å². The van der Waals surface area contributed by atoms with Crippen molar-refractivity contribution in [3.63, 3.8) is 0 Å². The number of ether oxygens (including phenoxy) is 1. The van der Waals surface area contributed by atoms with E-state index >= 15 is 0 Å². The van der Waals surface area contributed by atoms with Gasteiger partial charge in [-0.3, -0.25) is 9.67 Å². The van der Waals surface area contributed by atoms with Crippen LogP contribution in [0.1, 0.15) is 25.4 Å². The molecule has 0 amide bonds. The number of fused-ring (bicyclic) bond motifs is 2. The van der Waals surface area contributed by atoms with Crippen LogP contribution in [0.5, 0.6) is 0 Å². The zero-order valence-electron chi connectivity index (χ0n) is 15.8. The minimum absolute atomic E-state index is 0.308. The molecular formula is C20H19FN6O. The van der Waals surface area contributed by atoms with Crippen LogP contribution in [0.4, 0.5) is 4.39 Å².